The number of hydrogen-bond donors (Lipinski definition) is 2. The predicted octanol–water partition coefficient (Wildman–Crippen LogP) is 2.98. The Bertz CT molecular complexity index is 328. The lowest BCUT2D eigenvalue weighted by molar-refractivity contribution is -0.124. The first-order valence-corrected chi connectivity index (χ1v) is 7.88. The van der Waals surface area contributed by atoms with Crippen LogP contribution >= 0.6 is 0 Å². The number of nitrogens with one attached hydrogen (secondary N) is 1. The first kappa shape index (κ1) is 14.8. The molecule has 1 amide bonds. The second-order valence-electron chi connectivity index (χ2n) is 7.82. The van der Waals surface area contributed by atoms with Crippen molar-refractivity contribution in [3.8, 4) is 0 Å². The first-order valence-electron chi connectivity index (χ1n) is 7.88. The minimum absolute atomic E-state index is 0.170. The maximum Gasteiger partial charge on any atom is 0.222 e. The van der Waals surface area contributed by atoms with E-state index in [2.05, 4.69) is 26.1 Å². The molecule has 2 aliphatic carbocycles. The molecule has 2 saturated carbocycles. The van der Waals surface area contributed by atoms with E-state index >= 15 is 0 Å². The van der Waals surface area contributed by atoms with Crippen molar-refractivity contribution >= 4 is 5.91 Å². The lowest BCUT2D eigenvalue weighted by Crippen LogP contribution is -2.53. The average Bonchev–Trinajstić information content (AvgIpc) is 2.26. The standard InChI is InChI=1S/C16H30N2O/c1-15(2,3)12-7-4-5-8-13(12)18-14(19)11-16(17)9-6-10-16/h12-13H,4-11,17H2,1-3H3,(H,18,19). The van der Waals surface area contributed by atoms with Crippen LogP contribution in [0, 0.1) is 11.3 Å². The zero-order valence-electron chi connectivity index (χ0n) is 12.8. The Morgan fingerprint density at radius 3 is 2.37 bits per heavy atom. The Hall–Kier alpha value is -0.570. The van der Waals surface area contributed by atoms with E-state index in [1.165, 1.54) is 25.7 Å². The fraction of sp³-hybridized carbons (Fsp3) is 0.938. The molecule has 0 saturated heterocycles. The summed E-state index contributed by atoms with van der Waals surface area (Å²) in [6, 6.07) is 0.352. The molecule has 2 fully saturated rings. The minimum atomic E-state index is -0.198. The summed E-state index contributed by atoms with van der Waals surface area (Å²) in [6.45, 7) is 6.87. The summed E-state index contributed by atoms with van der Waals surface area (Å²) < 4.78 is 0. The monoisotopic (exact) mass is 266 g/mol. The van der Waals surface area contributed by atoms with Crippen molar-refractivity contribution in [3.05, 3.63) is 0 Å². The highest BCUT2D eigenvalue weighted by Gasteiger charge is 2.38. The summed E-state index contributed by atoms with van der Waals surface area (Å²) in [6.07, 6.45) is 8.62. The van der Waals surface area contributed by atoms with E-state index in [1.807, 2.05) is 0 Å². The van der Waals surface area contributed by atoms with Gasteiger partial charge in [-0.2, -0.15) is 0 Å². The van der Waals surface area contributed by atoms with Gasteiger partial charge in [-0.05, 0) is 43.4 Å². The molecule has 0 heterocycles. The van der Waals surface area contributed by atoms with Crippen molar-refractivity contribution < 1.29 is 4.79 Å². The van der Waals surface area contributed by atoms with Crippen molar-refractivity contribution in [2.24, 2.45) is 17.1 Å². The number of carbonyl (C=O) groups is 1. The summed E-state index contributed by atoms with van der Waals surface area (Å²) in [5.74, 6) is 0.767. The maximum absolute atomic E-state index is 12.2. The topological polar surface area (TPSA) is 55.1 Å². The molecule has 0 aliphatic heterocycles. The third kappa shape index (κ3) is 3.71. The Morgan fingerprint density at radius 2 is 1.84 bits per heavy atom. The number of carbonyl (C=O) groups excluding carboxylic acids is 1. The van der Waals surface area contributed by atoms with E-state index < -0.39 is 0 Å². The molecule has 2 rings (SSSR count). The van der Waals surface area contributed by atoms with Crippen molar-refractivity contribution in [1.29, 1.82) is 0 Å². The molecular formula is C16H30N2O. The van der Waals surface area contributed by atoms with Crippen LogP contribution in [0.1, 0.15) is 72.1 Å². The highest BCUT2D eigenvalue weighted by atomic mass is 16.1. The fourth-order valence-corrected chi connectivity index (χ4v) is 3.73. The van der Waals surface area contributed by atoms with Crippen LogP contribution in [0.25, 0.3) is 0 Å². The van der Waals surface area contributed by atoms with Crippen molar-refractivity contribution in [2.45, 2.75) is 83.7 Å². The van der Waals surface area contributed by atoms with Gasteiger partial charge in [0.25, 0.3) is 0 Å². The zero-order chi connectivity index (χ0) is 14.1. The summed E-state index contributed by atoms with van der Waals surface area (Å²) in [7, 11) is 0. The van der Waals surface area contributed by atoms with Crippen molar-refractivity contribution in [2.75, 3.05) is 0 Å². The summed E-state index contributed by atoms with van der Waals surface area (Å²) >= 11 is 0. The van der Waals surface area contributed by atoms with Crippen LogP contribution in [0.2, 0.25) is 0 Å². The van der Waals surface area contributed by atoms with Gasteiger partial charge in [-0.25, -0.2) is 0 Å². The van der Waals surface area contributed by atoms with Crippen LogP contribution in [0.5, 0.6) is 0 Å². The highest BCUT2D eigenvalue weighted by molar-refractivity contribution is 5.77. The van der Waals surface area contributed by atoms with Gasteiger partial charge in [0, 0.05) is 18.0 Å². The van der Waals surface area contributed by atoms with Gasteiger partial charge >= 0.3 is 0 Å². The molecule has 0 bridgehead atoms. The molecule has 110 valence electrons. The molecule has 3 nitrogen and oxygen atoms in total. The SMILES string of the molecule is CC(C)(C)C1CCCCC1NC(=O)CC1(N)CCC1. The van der Waals surface area contributed by atoms with Crippen molar-refractivity contribution in [1.82, 2.24) is 5.32 Å². The maximum atomic E-state index is 12.2. The smallest absolute Gasteiger partial charge is 0.222 e. The molecule has 0 aromatic heterocycles. The van der Waals surface area contributed by atoms with Crippen LogP contribution in [0.4, 0.5) is 0 Å². The van der Waals surface area contributed by atoms with Gasteiger partial charge in [-0.15, -0.1) is 0 Å². The van der Waals surface area contributed by atoms with E-state index in [9.17, 15) is 4.79 Å². The lowest BCUT2D eigenvalue weighted by Gasteiger charge is -2.42. The van der Waals surface area contributed by atoms with Gasteiger partial charge in [0.15, 0.2) is 0 Å². The minimum Gasteiger partial charge on any atom is -0.353 e. The van der Waals surface area contributed by atoms with Gasteiger partial charge in [-0.1, -0.05) is 33.6 Å². The molecule has 0 aromatic rings. The van der Waals surface area contributed by atoms with Crippen LogP contribution in [0.15, 0.2) is 0 Å². The molecule has 0 radical (unpaired) electrons. The third-order valence-electron chi connectivity index (χ3n) is 5.09. The van der Waals surface area contributed by atoms with Gasteiger partial charge in [0.1, 0.15) is 0 Å². The summed E-state index contributed by atoms with van der Waals surface area (Å²) in [4.78, 5) is 12.2. The van der Waals surface area contributed by atoms with Crippen LogP contribution in [-0.2, 0) is 4.79 Å². The number of amides is 1. The van der Waals surface area contributed by atoms with Crippen LogP contribution in [0.3, 0.4) is 0 Å². The van der Waals surface area contributed by atoms with E-state index in [0.29, 0.717) is 18.4 Å². The second-order valence-corrected chi connectivity index (χ2v) is 7.82. The molecule has 0 spiro atoms. The fourth-order valence-electron chi connectivity index (χ4n) is 3.73. The molecule has 19 heavy (non-hydrogen) atoms. The molecular weight excluding hydrogens is 236 g/mol. The van der Waals surface area contributed by atoms with E-state index in [4.69, 9.17) is 5.73 Å². The zero-order valence-corrected chi connectivity index (χ0v) is 12.8. The molecule has 2 aliphatic rings. The third-order valence-corrected chi connectivity index (χ3v) is 5.09. The van der Waals surface area contributed by atoms with Gasteiger partial charge < -0.3 is 11.1 Å². The normalized spacial score (nSPS) is 30.5. The van der Waals surface area contributed by atoms with Crippen LogP contribution < -0.4 is 11.1 Å². The molecule has 2 atom stereocenters. The average molecular weight is 266 g/mol. The quantitative estimate of drug-likeness (QED) is 0.825. The van der Waals surface area contributed by atoms with Crippen LogP contribution in [-0.4, -0.2) is 17.5 Å². The molecule has 0 aromatic carbocycles. The summed E-state index contributed by atoms with van der Waals surface area (Å²) in [5.41, 5.74) is 6.24. The Morgan fingerprint density at radius 1 is 1.21 bits per heavy atom. The van der Waals surface area contributed by atoms with Gasteiger partial charge in [0.2, 0.25) is 5.91 Å². The van der Waals surface area contributed by atoms with Gasteiger partial charge in [-0.3, -0.25) is 4.79 Å². The Kier molecular flexibility index (Phi) is 4.24. The van der Waals surface area contributed by atoms with Gasteiger partial charge in [0.05, 0.1) is 0 Å². The second kappa shape index (κ2) is 5.43. The molecule has 3 heteroatoms. The first-order chi connectivity index (χ1) is 8.80. The number of hydrogen-bond acceptors (Lipinski definition) is 2. The number of rotatable bonds is 3. The predicted molar refractivity (Wildman–Crippen MR) is 78.7 cm³/mol. The van der Waals surface area contributed by atoms with E-state index in [-0.39, 0.29) is 16.9 Å². The highest BCUT2D eigenvalue weighted by Crippen LogP contribution is 2.38. The Balaban J connectivity index is 1.90. The number of nitrogens with two attached hydrogens (primary N) is 1. The van der Waals surface area contributed by atoms with E-state index in [1.54, 1.807) is 0 Å². The summed E-state index contributed by atoms with van der Waals surface area (Å²) in [5, 5.41) is 3.28. The lowest BCUT2D eigenvalue weighted by atomic mass is 9.69. The largest absolute Gasteiger partial charge is 0.353 e. The molecule has 2 unspecified atom stereocenters. The van der Waals surface area contributed by atoms with E-state index in [0.717, 1.165) is 19.3 Å². The Labute approximate surface area is 117 Å². The van der Waals surface area contributed by atoms with Crippen molar-refractivity contribution in [3.63, 3.8) is 0 Å². The molecule has 3 N–H and O–H groups in total.